The van der Waals surface area contributed by atoms with Gasteiger partial charge >= 0.3 is 0 Å². The maximum atomic E-state index is 5.65. The van der Waals surface area contributed by atoms with Crippen LogP contribution in [0, 0.1) is 0 Å². The summed E-state index contributed by atoms with van der Waals surface area (Å²) in [5, 5.41) is 0. The number of rotatable bonds is 3. The van der Waals surface area contributed by atoms with Gasteiger partial charge in [0.25, 0.3) is 0 Å². The summed E-state index contributed by atoms with van der Waals surface area (Å²) >= 11 is 0. The lowest BCUT2D eigenvalue weighted by molar-refractivity contribution is 0.229. The van der Waals surface area contributed by atoms with Crippen LogP contribution in [0.1, 0.15) is 31.2 Å². The second kappa shape index (κ2) is 3.46. The molecular weight excluding hydrogens is 160 g/mol. The number of pyridine rings is 1. The molecule has 13 heavy (non-hydrogen) atoms. The van der Waals surface area contributed by atoms with E-state index in [1.807, 2.05) is 12.4 Å². The van der Waals surface area contributed by atoms with Crippen LogP contribution in [0.4, 0.5) is 0 Å². The molecule has 2 nitrogen and oxygen atoms in total. The van der Waals surface area contributed by atoms with Gasteiger partial charge in [0, 0.05) is 12.4 Å². The average Bonchev–Trinajstić information content (AvgIpc) is 2.13. The normalized spacial score (nSPS) is 19.5. The third kappa shape index (κ3) is 1.46. The highest BCUT2D eigenvalue weighted by Gasteiger charge is 2.37. The number of nitrogens with two attached hydrogens (primary N) is 1. The summed E-state index contributed by atoms with van der Waals surface area (Å²) in [5.74, 6) is 0. The van der Waals surface area contributed by atoms with Gasteiger partial charge in [-0.05, 0) is 48.9 Å². The van der Waals surface area contributed by atoms with Gasteiger partial charge in [0.05, 0.1) is 0 Å². The van der Waals surface area contributed by atoms with E-state index in [1.165, 1.54) is 24.8 Å². The maximum Gasteiger partial charge on any atom is 0.0270 e. The van der Waals surface area contributed by atoms with Crippen molar-refractivity contribution in [3.63, 3.8) is 0 Å². The van der Waals surface area contributed by atoms with Gasteiger partial charge in [-0.15, -0.1) is 0 Å². The number of hydrogen-bond donors (Lipinski definition) is 1. The zero-order valence-electron chi connectivity index (χ0n) is 7.87. The molecule has 0 aromatic carbocycles. The van der Waals surface area contributed by atoms with Crippen LogP contribution in [0.3, 0.4) is 0 Å². The first-order valence-corrected chi connectivity index (χ1v) is 4.98. The Bertz CT molecular complexity index is 265. The summed E-state index contributed by atoms with van der Waals surface area (Å²) in [5.41, 5.74) is 7.48. The molecule has 0 radical (unpaired) electrons. The van der Waals surface area contributed by atoms with E-state index in [4.69, 9.17) is 5.73 Å². The van der Waals surface area contributed by atoms with Crippen LogP contribution in [-0.2, 0) is 5.41 Å². The molecule has 70 valence electrons. The Morgan fingerprint density at radius 3 is 2.46 bits per heavy atom. The first-order valence-electron chi connectivity index (χ1n) is 4.98. The predicted octanol–water partition coefficient (Wildman–Crippen LogP) is 1.85. The van der Waals surface area contributed by atoms with E-state index in [0.29, 0.717) is 5.41 Å². The van der Waals surface area contributed by atoms with Crippen LogP contribution >= 0.6 is 0 Å². The van der Waals surface area contributed by atoms with Crippen LogP contribution in [-0.4, -0.2) is 11.5 Å². The van der Waals surface area contributed by atoms with Crippen molar-refractivity contribution in [3.8, 4) is 0 Å². The molecule has 1 aliphatic rings. The summed E-state index contributed by atoms with van der Waals surface area (Å²) in [6.45, 7) is 0.794. The molecular formula is C11H16N2. The molecule has 0 unspecified atom stereocenters. The summed E-state index contributed by atoms with van der Waals surface area (Å²) in [6.07, 6.45) is 8.83. The fraction of sp³-hybridized carbons (Fsp3) is 0.545. The maximum absolute atomic E-state index is 5.65. The highest BCUT2D eigenvalue weighted by Crippen LogP contribution is 2.45. The van der Waals surface area contributed by atoms with Gasteiger partial charge in [0.2, 0.25) is 0 Å². The molecule has 1 aliphatic carbocycles. The molecule has 0 bridgehead atoms. The molecule has 2 rings (SSSR count). The van der Waals surface area contributed by atoms with Crippen LogP contribution < -0.4 is 5.73 Å². The van der Waals surface area contributed by atoms with Crippen molar-refractivity contribution >= 4 is 0 Å². The number of hydrogen-bond acceptors (Lipinski definition) is 2. The van der Waals surface area contributed by atoms with Crippen LogP contribution in [0.25, 0.3) is 0 Å². The Balaban J connectivity index is 2.22. The smallest absolute Gasteiger partial charge is 0.0270 e. The van der Waals surface area contributed by atoms with Crippen LogP contribution in [0.5, 0.6) is 0 Å². The summed E-state index contributed by atoms with van der Waals surface area (Å²) in [6, 6.07) is 4.27. The lowest BCUT2D eigenvalue weighted by atomic mass is 9.63. The van der Waals surface area contributed by atoms with E-state index in [2.05, 4.69) is 17.1 Å². The molecule has 1 fully saturated rings. The standard InChI is InChI=1S/C11H16N2/c12-7-6-11(4-1-5-11)10-2-8-13-9-3-10/h2-3,8-9H,1,4-7,12H2. The Labute approximate surface area is 79.2 Å². The van der Waals surface area contributed by atoms with Crippen molar-refractivity contribution in [2.24, 2.45) is 5.73 Å². The van der Waals surface area contributed by atoms with Crippen molar-refractivity contribution < 1.29 is 0 Å². The van der Waals surface area contributed by atoms with E-state index in [1.54, 1.807) is 0 Å². The predicted molar refractivity (Wildman–Crippen MR) is 53.4 cm³/mol. The van der Waals surface area contributed by atoms with Gasteiger partial charge in [0.1, 0.15) is 0 Å². The lowest BCUT2D eigenvalue weighted by Gasteiger charge is -2.42. The fourth-order valence-corrected chi connectivity index (χ4v) is 2.27. The van der Waals surface area contributed by atoms with Crippen molar-refractivity contribution in [2.45, 2.75) is 31.1 Å². The topological polar surface area (TPSA) is 38.9 Å². The van der Waals surface area contributed by atoms with Gasteiger partial charge in [-0.3, -0.25) is 4.98 Å². The van der Waals surface area contributed by atoms with Crippen molar-refractivity contribution in [1.82, 2.24) is 4.98 Å². The minimum atomic E-state index is 0.400. The SMILES string of the molecule is NCCC1(c2ccncc2)CCC1. The van der Waals surface area contributed by atoms with Gasteiger partial charge < -0.3 is 5.73 Å². The van der Waals surface area contributed by atoms with Crippen molar-refractivity contribution in [1.29, 1.82) is 0 Å². The molecule has 1 aromatic heterocycles. The van der Waals surface area contributed by atoms with E-state index < -0.39 is 0 Å². The minimum Gasteiger partial charge on any atom is -0.330 e. The Morgan fingerprint density at radius 1 is 1.31 bits per heavy atom. The lowest BCUT2D eigenvalue weighted by Crippen LogP contribution is -2.36. The van der Waals surface area contributed by atoms with Gasteiger partial charge in [-0.2, -0.15) is 0 Å². The van der Waals surface area contributed by atoms with Crippen molar-refractivity contribution in [2.75, 3.05) is 6.54 Å². The zero-order chi connectivity index (χ0) is 9.15. The monoisotopic (exact) mass is 176 g/mol. The third-order valence-electron chi connectivity index (χ3n) is 3.23. The van der Waals surface area contributed by atoms with Crippen LogP contribution in [0.2, 0.25) is 0 Å². The largest absolute Gasteiger partial charge is 0.330 e. The van der Waals surface area contributed by atoms with Gasteiger partial charge in [-0.25, -0.2) is 0 Å². The third-order valence-corrected chi connectivity index (χ3v) is 3.23. The number of aromatic nitrogens is 1. The molecule has 0 amide bonds. The second-order valence-electron chi connectivity index (χ2n) is 3.91. The van der Waals surface area contributed by atoms with Gasteiger partial charge in [-0.1, -0.05) is 6.42 Å². The van der Waals surface area contributed by atoms with E-state index in [0.717, 1.165) is 13.0 Å². The Hall–Kier alpha value is -0.890. The molecule has 1 saturated carbocycles. The quantitative estimate of drug-likeness (QED) is 0.763. The molecule has 1 aromatic rings. The van der Waals surface area contributed by atoms with Crippen LogP contribution in [0.15, 0.2) is 24.5 Å². The molecule has 0 atom stereocenters. The van der Waals surface area contributed by atoms with E-state index in [9.17, 15) is 0 Å². The molecule has 2 N–H and O–H groups in total. The molecule has 1 heterocycles. The summed E-state index contributed by atoms with van der Waals surface area (Å²) in [4.78, 5) is 4.05. The summed E-state index contributed by atoms with van der Waals surface area (Å²) < 4.78 is 0. The highest BCUT2D eigenvalue weighted by atomic mass is 14.6. The zero-order valence-corrected chi connectivity index (χ0v) is 7.87. The molecule has 0 saturated heterocycles. The highest BCUT2D eigenvalue weighted by molar-refractivity contribution is 5.25. The van der Waals surface area contributed by atoms with E-state index >= 15 is 0 Å². The minimum absolute atomic E-state index is 0.400. The second-order valence-corrected chi connectivity index (χ2v) is 3.91. The fourth-order valence-electron chi connectivity index (χ4n) is 2.27. The first-order chi connectivity index (χ1) is 6.37. The Morgan fingerprint density at radius 2 is 2.00 bits per heavy atom. The molecule has 0 aliphatic heterocycles. The van der Waals surface area contributed by atoms with Gasteiger partial charge in [0.15, 0.2) is 0 Å². The molecule has 2 heteroatoms. The average molecular weight is 176 g/mol. The summed E-state index contributed by atoms with van der Waals surface area (Å²) in [7, 11) is 0. The first kappa shape index (κ1) is 8.70. The van der Waals surface area contributed by atoms with Crippen molar-refractivity contribution in [3.05, 3.63) is 30.1 Å². The Kier molecular flexibility index (Phi) is 2.32. The number of nitrogens with zero attached hydrogens (tertiary/aromatic N) is 1. The molecule has 0 spiro atoms. The van der Waals surface area contributed by atoms with E-state index in [-0.39, 0.29) is 0 Å².